The molecule has 1 aromatic carbocycles. The number of methoxy groups -OCH3 is 1. The van der Waals surface area contributed by atoms with Gasteiger partial charge in [-0.1, -0.05) is 18.6 Å². The summed E-state index contributed by atoms with van der Waals surface area (Å²) in [5.74, 6) is -0.708. The van der Waals surface area contributed by atoms with Gasteiger partial charge in [-0.15, -0.1) is 4.99 Å². The average molecular weight is 436 g/mol. The standard InChI is InChI=1S/C21H30FN5O4/c1-30-16-6-2-4-14(12-16)19(28)27-10-8-26(9-11-27)17-7-3-5-15(18(17)22)13-31-21(29)25-20(23)24/h3,5,7,14,16H,2,4,6,8-13H2,1H3,(H4,23,24,25,29)/t14-,16-/m1/s1. The van der Waals surface area contributed by atoms with Crippen LogP contribution in [-0.2, 0) is 20.9 Å². The molecule has 10 heteroatoms. The first-order valence-corrected chi connectivity index (χ1v) is 10.5. The SMILES string of the molecule is CO[C@@H]1CCC[C@@H](C(=O)N2CCN(c3cccc(COC(=O)N=C(N)N)c3F)CC2)C1. The number of anilines is 1. The van der Waals surface area contributed by atoms with E-state index in [2.05, 4.69) is 4.99 Å². The minimum Gasteiger partial charge on any atom is -0.443 e. The molecule has 0 aromatic heterocycles. The highest BCUT2D eigenvalue weighted by atomic mass is 19.1. The molecule has 1 aliphatic carbocycles. The van der Waals surface area contributed by atoms with E-state index in [4.69, 9.17) is 20.9 Å². The van der Waals surface area contributed by atoms with Crippen molar-refractivity contribution in [2.24, 2.45) is 22.4 Å². The van der Waals surface area contributed by atoms with E-state index in [0.717, 1.165) is 25.7 Å². The van der Waals surface area contributed by atoms with E-state index in [1.165, 1.54) is 6.07 Å². The summed E-state index contributed by atoms with van der Waals surface area (Å²) in [4.78, 5) is 31.4. The Kier molecular flexibility index (Phi) is 7.67. The molecule has 0 unspecified atom stereocenters. The van der Waals surface area contributed by atoms with Crippen molar-refractivity contribution in [2.75, 3.05) is 38.2 Å². The summed E-state index contributed by atoms with van der Waals surface area (Å²) in [5, 5.41) is 0. The predicted octanol–water partition coefficient (Wildman–Crippen LogP) is 1.59. The molecule has 0 bridgehead atoms. The van der Waals surface area contributed by atoms with E-state index in [1.54, 1.807) is 19.2 Å². The third-order valence-electron chi connectivity index (χ3n) is 5.87. The van der Waals surface area contributed by atoms with Gasteiger partial charge in [0.15, 0.2) is 11.8 Å². The number of piperazine rings is 1. The van der Waals surface area contributed by atoms with Crippen molar-refractivity contribution in [3.05, 3.63) is 29.6 Å². The van der Waals surface area contributed by atoms with Crippen molar-refractivity contribution in [1.82, 2.24) is 4.90 Å². The molecule has 2 aliphatic rings. The molecule has 1 aliphatic heterocycles. The van der Waals surface area contributed by atoms with Crippen molar-refractivity contribution < 1.29 is 23.5 Å². The maximum atomic E-state index is 15.0. The summed E-state index contributed by atoms with van der Waals surface area (Å²) in [5.41, 5.74) is 10.9. The number of carbonyl (C=O) groups excluding carboxylic acids is 2. The number of ether oxygens (including phenoxy) is 2. The van der Waals surface area contributed by atoms with Gasteiger partial charge in [-0.25, -0.2) is 9.18 Å². The number of guanidine groups is 1. The maximum absolute atomic E-state index is 15.0. The number of aliphatic imine (C=N–C) groups is 1. The van der Waals surface area contributed by atoms with Gasteiger partial charge in [0.05, 0.1) is 11.8 Å². The van der Waals surface area contributed by atoms with E-state index in [1.807, 2.05) is 9.80 Å². The topological polar surface area (TPSA) is 123 Å². The third kappa shape index (κ3) is 5.84. The number of amides is 2. The molecule has 1 heterocycles. The number of benzene rings is 1. The monoisotopic (exact) mass is 435 g/mol. The van der Waals surface area contributed by atoms with Gasteiger partial charge in [0.1, 0.15) is 6.61 Å². The molecular weight excluding hydrogens is 405 g/mol. The quantitative estimate of drug-likeness (QED) is 0.532. The van der Waals surface area contributed by atoms with Crippen LogP contribution < -0.4 is 16.4 Å². The molecule has 1 saturated heterocycles. The number of rotatable bonds is 5. The Morgan fingerprint density at radius 2 is 1.94 bits per heavy atom. The second-order valence-electron chi connectivity index (χ2n) is 7.88. The first-order valence-electron chi connectivity index (χ1n) is 10.5. The van der Waals surface area contributed by atoms with Gasteiger partial charge in [0, 0.05) is 44.8 Å². The Morgan fingerprint density at radius 1 is 1.19 bits per heavy atom. The van der Waals surface area contributed by atoms with Gasteiger partial charge in [0.2, 0.25) is 5.91 Å². The Bertz CT molecular complexity index is 822. The second kappa shape index (κ2) is 10.4. The molecule has 2 fully saturated rings. The lowest BCUT2D eigenvalue weighted by Gasteiger charge is -2.39. The molecule has 2 amide bonds. The van der Waals surface area contributed by atoms with E-state index >= 15 is 0 Å². The van der Waals surface area contributed by atoms with Crippen LogP contribution in [0.2, 0.25) is 0 Å². The lowest BCUT2D eigenvalue weighted by molar-refractivity contribution is -0.138. The number of hydrogen-bond donors (Lipinski definition) is 2. The number of nitrogens with two attached hydrogens (primary N) is 2. The van der Waals surface area contributed by atoms with Gasteiger partial charge in [-0.05, 0) is 25.3 Å². The first kappa shape index (κ1) is 22.8. The molecule has 1 aromatic rings. The molecule has 31 heavy (non-hydrogen) atoms. The van der Waals surface area contributed by atoms with Crippen molar-refractivity contribution in [2.45, 2.75) is 38.4 Å². The summed E-state index contributed by atoms with van der Waals surface area (Å²) in [6.45, 7) is 1.85. The Balaban J connectivity index is 1.57. The summed E-state index contributed by atoms with van der Waals surface area (Å²) in [7, 11) is 1.70. The first-order chi connectivity index (χ1) is 14.9. The minimum absolute atomic E-state index is 0.00483. The van der Waals surface area contributed by atoms with E-state index in [0.29, 0.717) is 31.9 Å². The molecule has 3 rings (SSSR count). The van der Waals surface area contributed by atoms with Crippen LogP contribution in [0.3, 0.4) is 0 Å². The fraction of sp³-hybridized carbons (Fsp3) is 0.571. The van der Waals surface area contributed by atoms with Crippen molar-refractivity contribution >= 4 is 23.6 Å². The summed E-state index contributed by atoms with van der Waals surface area (Å²) >= 11 is 0. The van der Waals surface area contributed by atoms with Crippen LogP contribution in [0.4, 0.5) is 14.9 Å². The molecule has 170 valence electrons. The fourth-order valence-corrected chi connectivity index (χ4v) is 4.21. The van der Waals surface area contributed by atoms with Crippen LogP contribution >= 0.6 is 0 Å². The predicted molar refractivity (Wildman–Crippen MR) is 114 cm³/mol. The Hall–Kier alpha value is -2.88. The maximum Gasteiger partial charge on any atom is 0.437 e. The van der Waals surface area contributed by atoms with Crippen molar-refractivity contribution in [1.29, 1.82) is 0 Å². The summed E-state index contributed by atoms with van der Waals surface area (Å²) in [6, 6.07) is 4.92. The van der Waals surface area contributed by atoms with Gasteiger partial charge in [-0.2, -0.15) is 0 Å². The van der Waals surface area contributed by atoms with Gasteiger partial charge in [-0.3, -0.25) is 4.79 Å². The highest BCUT2D eigenvalue weighted by Gasteiger charge is 2.32. The van der Waals surface area contributed by atoms with Crippen LogP contribution in [0.25, 0.3) is 0 Å². The summed E-state index contributed by atoms with van der Waals surface area (Å²) < 4.78 is 25.3. The van der Waals surface area contributed by atoms with Crippen LogP contribution in [-0.4, -0.2) is 62.3 Å². The van der Waals surface area contributed by atoms with Gasteiger partial charge >= 0.3 is 6.09 Å². The highest BCUT2D eigenvalue weighted by Crippen LogP contribution is 2.29. The number of carbonyl (C=O) groups is 2. The Labute approximate surface area is 181 Å². The second-order valence-corrected chi connectivity index (χ2v) is 7.88. The Morgan fingerprint density at radius 3 is 2.61 bits per heavy atom. The lowest BCUT2D eigenvalue weighted by Crippen LogP contribution is -2.51. The van der Waals surface area contributed by atoms with Gasteiger partial charge < -0.3 is 30.7 Å². The molecule has 4 N–H and O–H groups in total. The van der Waals surface area contributed by atoms with Crippen molar-refractivity contribution in [3.8, 4) is 0 Å². The summed E-state index contributed by atoms with van der Waals surface area (Å²) in [6.07, 6.45) is 2.85. The molecule has 0 spiro atoms. The normalized spacial score (nSPS) is 21.5. The van der Waals surface area contributed by atoms with Gasteiger partial charge in [0.25, 0.3) is 0 Å². The third-order valence-corrected chi connectivity index (χ3v) is 5.87. The van der Waals surface area contributed by atoms with E-state index in [9.17, 15) is 14.0 Å². The average Bonchev–Trinajstić information content (AvgIpc) is 2.77. The van der Waals surface area contributed by atoms with Crippen molar-refractivity contribution in [3.63, 3.8) is 0 Å². The molecular formula is C21H30FN5O4. The molecule has 0 radical (unpaired) electrons. The molecule has 1 saturated carbocycles. The zero-order valence-electron chi connectivity index (χ0n) is 17.8. The number of halogens is 1. The van der Waals surface area contributed by atoms with E-state index < -0.39 is 17.9 Å². The van der Waals surface area contributed by atoms with E-state index in [-0.39, 0.29) is 30.1 Å². The number of hydrogen-bond acceptors (Lipinski definition) is 5. The molecule has 2 atom stereocenters. The van der Waals surface area contributed by atoms with Crippen LogP contribution in [0.1, 0.15) is 31.2 Å². The fourth-order valence-electron chi connectivity index (χ4n) is 4.21. The zero-order chi connectivity index (χ0) is 22.4. The van der Waals surface area contributed by atoms with Crippen LogP contribution in [0.5, 0.6) is 0 Å². The smallest absolute Gasteiger partial charge is 0.437 e. The largest absolute Gasteiger partial charge is 0.443 e. The number of nitrogens with zero attached hydrogens (tertiary/aromatic N) is 3. The zero-order valence-corrected chi connectivity index (χ0v) is 17.8. The minimum atomic E-state index is -0.977. The van der Waals surface area contributed by atoms with Crippen LogP contribution in [0.15, 0.2) is 23.2 Å². The molecule has 9 nitrogen and oxygen atoms in total. The lowest BCUT2D eigenvalue weighted by atomic mass is 9.86. The van der Waals surface area contributed by atoms with Crippen LogP contribution in [0, 0.1) is 11.7 Å². The highest BCUT2D eigenvalue weighted by molar-refractivity contribution is 5.87.